The van der Waals surface area contributed by atoms with Gasteiger partial charge in [-0.05, 0) is 34.2 Å². The summed E-state index contributed by atoms with van der Waals surface area (Å²) in [6.07, 6.45) is 1.69. The highest BCUT2D eigenvalue weighted by molar-refractivity contribution is 5.02. The lowest BCUT2D eigenvalue weighted by Gasteiger charge is -2.26. The van der Waals surface area contributed by atoms with Gasteiger partial charge in [0.2, 0.25) is 0 Å². The number of hydrogen-bond donors (Lipinski definition) is 1. The quantitative estimate of drug-likeness (QED) is 0.710. The molecule has 82 valence electrons. The highest BCUT2D eigenvalue weighted by atomic mass is 16.5. The van der Waals surface area contributed by atoms with E-state index in [-0.39, 0.29) is 5.60 Å². The van der Waals surface area contributed by atoms with Gasteiger partial charge in [0, 0.05) is 6.42 Å². The Morgan fingerprint density at radius 2 is 1.93 bits per heavy atom. The fourth-order valence-electron chi connectivity index (χ4n) is 0.870. The molecule has 0 saturated carbocycles. The van der Waals surface area contributed by atoms with Crippen LogP contribution in [0.5, 0.6) is 0 Å². The van der Waals surface area contributed by atoms with Gasteiger partial charge in [0.25, 0.3) is 0 Å². The van der Waals surface area contributed by atoms with Crippen LogP contribution in [-0.2, 0) is 4.74 Å². The molecule has 0 radical (unpaired) electrons. The molecule has 1 unspecified atom stereocenters. The number of rotatable bonds is 6. The van der Waals surface area contributed by atoms with Gasteiger partial charge in [-0.15, -0.1) is 0 Å². The number of nitriles is 1. The molecule has 0 bridgehead atoms. The fraction of sp³-hybridized carbons (Fsp3) is 0.909. The van der Waals surface area contributed by atoms with E-state index >= 15 is 0 Å². The monoisotopic (exact) mass is 198 g/mol. The summed E-state index contributed by atoms with van der Waals surface area (Å²) in [4.78, 5) is 0. The van der Waals surface area contributed by atoms with Crippen LogP contribution in [0.15, 0.2) is 0 Å². The highest BCUT2D eigenvalue weighted by Gasteiger charge is 2.23. The summed E-state index contributed by atoms with van der Waals surface area (Å²) in [5, 5.41) is 11.9. The minimum atomic E-state index is -0.468. The van der Waals surface area contributed by atoms with Crippen molar-refractivity contribution >= 4 is 0 Å². The van der Waals surface area contributed by atoms with Crippen LogP contribution in [0, 0.1) is 11.3 Å². The summed E-state index contributed by atoms with van der Waals surface area (Å²) in [6, 6.07) is 2.24. The maximum Gasteiger partial charge on any atom is 0.105 e. The zero-order valence-electron chi connectivity index (χ0n) is 9.98. The summed E-state index contributed by atoms with van der Waals surface area (Å²) in [6.45, 7) is 8.73. The molecule has 0 saturated heterocycles. The largest absolute Gasteiger partial charge is 0.375 e. The molecule has 1 N–H and O–H groups in total. The van der Waals surface area contributed by atoms with Gasteiger partial charge >= 0.3 is 0 Å². The van der Waals surface area contributed by atoms with Crippen molar-refractivity contribution < 1.29 is 4.74 Å². The van der Waals surface area contributed by atoms with Crippen LogP contribution in [0.1, 0.15) is 40.5 Å². The Bertz CT molecular complexity index is 208. The van der Waals surface area contributed by atoms with Crippen molar-refractivity contribution in [3.05, 3.63) is 0 Å². The van der Waals surface area contributed by atoms with Crippen molar-refractivity contribution in [1.82, 2.24) is 5.32 Å². The predicted molar refractivity (Wildman–Crippen MR) is 58.0 cm³/mol. The van der Waals surface area contributed by atoms with Crippen LogP contribution < -0.4 is 5.32 Å². The van der Waals surface area contributed by atoms with Crippen molar-refractivity contribution in [3.8, 4) is 6.07 Å². The zero-order valence-corrected chi connectivity index (χ0v) is 9.98. The Balaban J connectivity index is 3.91. The third kappa shape index (κ3) is 4.59. The number of ether oxygens (including phenoxy) is 1. The van der Waals surface area contributed by atoms with E-state index in [9.17, 15) is 0 Å². The highest BCUT2D eigenvalue weighted by Crippen LogP contribution is 2.16. The maximum absolute atomic E-state index is 8.90. The topological polar surface area (TPSA) is 45.0 Å². The van der Waals surface area contributed by atoms with E-state index in [1.807, 2.05) is 6.92 Å². The Morgan fingerprint density at radius 3 is 2.29 bits per heavy atom. The van der Waals surface area contributed by atoms with E-state index in [1.54, 1.807) is 7.05 Å². The molecule has 0 aromatic heterocycles. The molecule has 14 heavy (non-hydrogen) atoms. The minimum absolute atomic E-state index is 0.0793. The smallest absolute Gasteiger partial charge is 0.105 e. The molecule has 0 amide bonds. The fourth-order valence-corrected chi connectivity index (χ4v) is 0.870. The van der Waals surface area contributed by atoms with Crippen LogP contribution >= 0.6 is 0 Å². The van der Waals surface area contributed by atoms with Crippen molar-refractivity contribution in [2.45, 2.75) is 51.7 Å². The van der Waals surface area contributed by atoms with Gasteiger partial charge in [0.05, 0.1) is 18.3 Å². The molecule has 3 nitrogen and oxygen atoms in total. The molecular formula is C11H22N2O. The summed E-state index contributed by atoms with van der Waals surface area (Å²) in [5.41, 5.74) is -0.548. The van der Waals surface area contributed by atoms with Crippen molar-refractivity contribution in [2.75, 3.05) is 13.7 Å². The van der Waals surface area contributed by atoms with E-state index in [4.69, 9.17) is 10.00 Å². The summed E-state index contributed by atoms with van der Waals surface area (Å²) >= 11 is 0. The Hall–Kier alpha value is -0.590. The molecule has 0 aliphatic rings. The van der Waals surface area contributed by atoms with E-state index in [0.29, 0.717) is 13.0 Å². The number of nitrogens with zero attached hydrogens (tertiary/aromatic N) is 1. The first-order valence-corrected chi connectivity index (χ1v) is 5.13. The van der Waals surface area contributed by atoms with Gasteiger partial charge < -0.3 is 10.1 Å². The van der Waals surface area contributed by atoms with Crippen molar-refractivity contribution in [1.29, 1.82) is 5.26 Å². The van der Waals surface area contributed by atoms with Gasteiger partial charge in [-0.25, -0.2) is 0 Å². The average molecular weight is 198 g/mol. The number of hydrogen-bond acceptors (Lipinski definition) is 3. The van der Waals surface area contributed by atoms with Crippen LogP contribution in [0.25, 0.3) is 0 Å². The minimum Gasteiger partial charge on any atom is -0.375 e. The van der Waals surface area contributed by atoms with E-state index < -0.39 is 5.54 Å². The molecule has 0 fully saturated rings. The molecule has 0 spiro atoms. The zero-order chi connectivity index (χ0) is 11.2. The van der Waals surface area contributed by atoms with Crippen LogP contribution in [0.3, 0.4) is 0 Å². The molecule has 0 aromatic rings. The summed E-state index contributed by atoms with van der Waals surface area (Å²) in [5.74, 6) is 0. The van der Waals surface area contributed by atoms with Crippen molar-refractivity contribution in [3.63, 3.8) is 0 Å². The van der Waals surface area contributed by atoms with E-state index in [0.717, 1.165) is 6.42 Å². The van der Waals surface area contributed by atoms with Crippen LogP contribution in [0.2, 0.25) is 0 Å². The Morgan fingerprint density at radius 1 is 1.36 bits per heavy atom. The van der Waals surface area contributed by atoms with E-state index in [2.05, 4.69) is 32.2 Å². The average Bonchev–Trinajstić information content (AvgIpc) is 2.17. The molecular weight excluding hydrogens is 176 g/mol. The Kier molecular flexibility index (Phi) is 5.11. The van der Waals surface area contributed by atoms with Gasteiger partial charge in [-0.3, -0.25) is 0 Å². The molecule has 0 aromatic carbocycles. The molecule has 0 aliphatic heterocycles. The second-order valence-corrected chi connectivity index (χ2v) is 4.41. The van der Waals surface area contributed by atoms with Crippen LogP contribution in [0.4, 0.5) is 0 Å². The molecule has 0 aliphatic carbocycles. The third-order valence-electron chi connectivity index (χ3n) is 2.74. The van der Waals surface area contributed by atoms with Gasteiger partial charge in [-0.2, -0.15) is 5.26 Å². The second-order valence-electron chi connectivity index (χ2n) is 4.41. The summed E-state index contributed by atoms with van der Waals surface area (Å²) < 4.78 is 5.69. The van der Waals surface area contributed by atoms with Gasteiger partial charge in [-0.1, -0.05) is 6.92 Å². The molecule has 3 heteroatoms. The van der Waals surface area contributed by atoms with Crippen molar-refractivity contribution in [2.24, 2.45) is 0 Å². The molecule has 0 heterocycles. The second kappa shape index (κ2) is 5.33. The third-order valence-corrected chi connectivity index (χ3v) is 2.74. The first-order valence-electron chi connectivity index (χ1n) is 5.13. The standard InChI is InChI=1S/C11H22N2O/c1-6-10(2,3)14-8-7-11(4,9-12)13-5/h13H,6-8H2,1-5H3. The predicted octanol–water partition coefficient (Wildman–Crippen LogP) is 2.08. The van der Waals surface area contributed by atoms with Gasteiger partial charge in [0.1, 0.15) is 5.54 Å². The lowest BCUT2D eigenvalue weighted by molar-refractivity contribution is -0.0256. The Labute approximate surface area is 87.4 Å². The van der Waals surface area contributed by atoms with Gasteiger partial charge in [0.15, 0.2) is 0 Å². The van der Waals surface area contributed by atoms with Crippen LogP contribution in [-0.4, -0.2) is 24.8 Å². The summed E-state index contributed by atoms with van der Waals surface area (Å²) in [7, 11) is 1.80. The number of nitrogens with one attached hydrogen (secondary N) is 1. The normalized spacial score (nSPS) is 16.0. The lowest BCUT2D eigenvalue weighted by atomic mass is 10.0. The molecule has 1 atom stereocenters. The first kappa shape index (κ1) is 13.4. The van der Waals surface area contributed by atoms with E-state index in [1.165, 1.54) is 0 Å². The molecule has 0 rings (SSSR count). The lowest BCUT2D eigenvalue weighted by Crippen LogP contribution is -2.40. The first-order chi connectivity index (χ1) is 6.39. The SMILES string of the molecule is CCC(C)(C)OCCC(C)(C#N)NC. The maximum atomic E-state index is 8.90.